The number of nitrogens with one attached hydrogen (secondary N) is 1. The van der Waals surface area contributed by atoms with Crippen molar-refractivity contribution in [3.8, 4) is 5.75 Å². The standard InChI is InChI=1S/C23H25FN4O5/c1-27(2)22(31)16-11-15(24)6-5-14(16)9-13-10-17-19(26-12-13)20(29)18(23(32)28(17)3)21(30)25-7-8-33-4/h5-6,10-12,29H,7-9H2,1-4H3,(H,25,30). The van der Waals surface area contributed by atoms with Gasteiger partial charge in [0.1, 0.15) is 16.9 Å². The smallest absolute Gasteiger partial charge is 0.267 e. The van der Waals surface area contributed by atoms with Crippen LogP contribution in [0.25, 0.3) is 11.0 Å². The van der Waals surface area contributed by atoms with Crippen molar-refractivity contribution in [2.24, 2.45) is 7.05 Å². The lowest BCUT2D eigenvalue weighted by atomic mass is 9.99. The van der Waals surface area contributed by atoms with Gasteiger partial charge in [0.2, 0.25) is 0 Å². The molecule has 3 rings (SSSR count). The Morgan fingerprint density at radius 3 is 2.67 bits per heavy atom. The van der Waals surface area contributed by atoms with Crippen LogP contribution < -0.4 is 10.9 Å². The van der Waals surface area contributed by atoms with Gasteiger partial charge in [0.15, 0.2) is 5.75 Å². The van der Waals surface area contributed by atoms with Crippen molar-refractivity contribution in [3.63, 3.8) is 0 Å². The van der Waals surface area contributed by atoms with Gasteiger partial charge in [0.05, 0.1) is 12.1 Å². The quantitative estimate of drug-likeness (QED) is 0.520. The third-order valence-corrected chi connectivity index (χ3v) is 5.19. The van der Waals surface area contributed by atoms with Gasteiger partial charge in [-0.3, -0.25) is 19.4 Å². The molecule has 0 aliphatic carbocycles. The second-order valence-corrected chi connectivity index (χ2v) is 7.73. The van der Waals surface area contributed by atoms with Gasteiger partial charge in [-0.2, -0.15) is 0 Å². The molecule has 2 amide bonds. The molecular weight excluding hydrogens is 431 g/mol. The first kappa shape index (κ1) is 23.9. The van der Waals surface area contributed by atoms with Gasteiger partial charge in [-0.1, -0.05) is 6.07 Å². The fourth-order valence-electron chi connectivity index (χ4n) is 3.45. The number of ether oxygens (including phenoxy) is 1. The summed E-state index contributed by atoms with van der Waals surface area (Å²) < 4.78 is 19.9. The molecule has 2 aromatic heterocycles. The summed E-state index contributed by atoms with van der Waals surface area (Å²) in [6.07, 6.45) is 1.72. The van der Waals surface area contributed by atoms with Crippen molar-refractivity contribution in [1.29, 1.82) is 0 Å². The third kappa shape index (κ3) is 4.85. The van der Waals surface area contributed by atoms with E-state index in [-0.39, 0.29) is 36.6 Å². The van der Waals surface area contributed by atoms with Crippen LogP contribution in [0.15, 0.2) is 35.3 Å². The Bertz CT molecular complexity index is 1290. The Labute approximate surface area is 189 Å². The maximum absolute atomic E-state index is 13.8. The molecule has 0 fully saturated rings. The van der Waals surface area contributed by atoms with Crippen LogP contribution in [0.3, 0.4) is 0 Å². The Morgan fingerprint density at radius 2 is 2.00 bits per heavy atom. The lowest BCUT2D eigenvalue weighted by Crippen LogP contribution is -2.34. The molecule has 1 aromatic carbocycles. The van der Waals surface area contributed by atoms with Crippen LogP contribution in [-0.2, 0) is 18.2 Å². The van der Waals surface area contributed by atoms with E-state index in [1.165, 1.54) is 48.0 Å². The summed E-state index contributed by atoms with van der Waals surface area (Å²) in [7, 11) is 6.11. The fraction of sp³-hybridized carbons (Fsp3) is 0.304. The SMILES string of the molecule is COCCNC(=O)c1c(O)c2ncc(Cc3ccc(F)cc3C(=O)N(C)C)cc2n(C)c1=O. The highest BCUT2D eigenvalue weighted by Gasteiger charge is 2.22. The molecule has 174 valence electrons. The number of aromatic hydroxyl groups is 1. The maximum Gasteiger partial charge on any atom is 0.267 e. The minimum Gasteiger partial charge on any atom is -0.505 e. The Balaban J connectivity index is 2.03. The van der Waals surface area contributed by atoms with Crippen molar-refractivity contribution >= 4 is 22.8 Å². The van der Waals surface area contributed by atoms with Gasteiger partial charge in [0, 0.05) is 46.6 Å². The van der Waals surface area contributed by atoms with Crippen LogP contribution in [0.4, 0.5) is 4.39 Å². The average molecular weight is 456 g/mol. The number of carbonyl (C=O) groups excluding carboxylic acids is 2. The normalized spacial score (nSPS) is 10.9. The lowest BCUT2D eigenvalue weighted by Gasteiger charge is -2.15. The van der Waals surface area contributed by atoms with Crippen LogP contribution in [0.1, 0.15) is 31.8 Å². The fourth-order valence-corrected chi connectivity index (χ4v) is 3.45. The first-order valence-electron chi connectivity index (χ1n) is 10.1. The number of aromatic nitrogens is 2. The predicted molar refractivity (Wildman–Crippen MR) is 120 cm³/mol. The summed E-state index contributed by atoms with van der Waals surface area (Å²) in [4.78, 5) is 43.3. The molecule has 2 heterocycles. The molecule has 10 heteroatoms. The van der Waals surface area contributed by atoms with Crippen molar-refractivity contribution in [3.05, 3.63) is 68.9 Å². The molecule has 0 aliphatic heterocycles. The van der Waals surface area contributed by atoms with Crippen molar-refractivity contribution in [2.45, 2.75) is 6.42 Å². The first-order chi connectivity index (χ1) is 15.6. The maximum atomic E-state index is 13.8. The molecule has 0 saturated carbocycles. The number of rotatable bonds is 7. The van der Waals surface area contributed by atoms with Crippen LogP contribution >= 0.6 is 0 Å². The van der Waals surface area contributed by atoms with Crippen molar-refractivity contribution in [1.82, 2.24) is 19.8 Å². The molecule has 0 radical (unpaired) electrons. The molecule has 33 heavy (non-hydrogen) atoms. The van der Waals surface area contributed by atoms with E-state index in [4.69, 9.17) is 4.74 Å². The first-order valence-corrected chi connectivity index (χ1v) is 10.1. The van der Waals surface area contributed by atoms with Gasteiger partial charge in [-0.05, 0) is 35.7 Å². The number of pyridine rings is 2. The number of benzene rings is 1. The highest BCUT2D eigenvalue weighted by Crippen LogP contribution is 2.26. The van der Waals surface area contributed by atoms with Crippen LogP contribution in [0.2, 0.25) is 0 Å². The number of halogens is 1. The molecule has 2 N–H and O–H groups in total. The number of aryl methyl sites for hydroxylation is 1. The Kier molecular flexibility index (Phi) is 7.07. The highest BCUT2D eigenvalue weighted by molar-refractivity contribution is 6.01. The predicted octanol–water partition coefficient (Wildman–Crippen LogP) is 1.45. The van der Waals surface area contributed by atoms with Gasteiger partial charge in [-0.15, -0.1) is 0 Å². The van der Waals surface area contributed by atoms with Gasteiger partial charge in [0.25, 0.3) is 17.4 Å². The Morgan fingerprint density at radius 1 is 1.27 bits per heavy atom. The van der Waals surface area contributed by atoms with Gasteiger partial charge in [-0.25, -0.2) is 4.39 Å². The zero-order chi connectivity index (χ0) is 24.3. The second-order valence-electron chi connectivity index (χ2n) is 7.73. The van der Waals surface area contributed by atoms with Gasteiger partial charge >= 0.3 is 0 Å². The molecule has 0 saturated heterocycles. The molecular formula is C23H25FN4O5. The van der Waals surface area contributed by atoms with Crippen LogP contribution in [-0.4, -0.2) is 65.7 Å². The molecule has 9 nitrogen and oxygen atoms in total. The summed E-state index contributed by atoms with van der Waals surface area (Å²) in [5.41, 5.74) is 0.749. The van der Waals surface area contributed by atoms with Gasteiger partial charge < -0.3 is 24.6 Å². The lowest BCUT2D eigenvalue weighted by molar-refractivity contribution is 0.0825. The topological polar surface area (TPSA) is 114 Å². The van der Waals surface area contributed by atoms with E-state index < -0.39 is 28.6 Å². The number of amides is 2. The van der Waals surface area contributed by atoms with E-state index in [0.29, 0.717) is 16.6 Å². The van der Waals surface area contributed by atoms with Crippen LogP contribution in [0.5, 0.6) is 5.75 Å². The molecule has 0 spiro atoms. The summed E-state index contributed by atoms with van der Waals surface area (Å²) in [6, 6.07) is 5.62. The minimum absolute atomic E-state index is 0.0847. The van der Waals surface area contributed by atoms with Crippen LogP contribution in [0, 0.1) is 5.82 Å². The largest absolute Gasteiger partial charge is 0.505 e. The Hall–Kier alpha value is -3.79. The van der Waals surface area contributed by atoms with Crippen molar-refractivity contribution < 1.29 is 23.8 Å². The number of carbonyl (C=O) groups is 2. The highest BCUT2D eigenvalue weighted by atomic mass is 19.1. The summed E-state index contributed by atoms with van der Waals surface area (Å²) >= 11 is 0. The van der Waals surface area contributed by atoms with E-state index in [2.05, 4.69) is 10.3 Å². The van der Waals surface area contributed by atoms with E-state index >= 15 is 0 Å². The summed E-state index contributed by atoms with van der Waals surface area (Å²) in [6.45, 7) is 0.428. The number of methoxy groups -OCH3 is 1. The van der Waals surface area contributed by atoms with E-state index in [0.717, 1.165) is 0 Å². The molecule has 0 atom stereocenters. The molecule has 3 aromatic rings. The monoisotopic (exact) mass is 456 g/mol. The second kappa shape index (κ2) is 9.78. The number of nitrogens with zero attached hydrogens (tertiary/aromatic N) is 3. The van der Waals surface area contributed by atoms with E-state index in [9.17, 15) is 23.9 Å². The number of hydrogen-bond donors (Lipinski definition) is 2. The third-order valence-electron chi connectivity index (χ3n) is 5.19. The van der Waals surface area contributed by atoms with E-state index in [1.54, 1.807) is 20.2 Å². The summed E-state index contributed by atoms with van der Waals surface area (Å²) in [5, 5.41) is 13.1. The van der Waals surface area contributed by atoms with E-state index in [1.807, 2.05) is 0 Å². The molecule has 0 unspecified atom stereocenters. The minimum atomic E-state index is -0.726. The van der Waals surface area contributed by atoms with Crippen molar-refractivity contribution in [2.75, 3.05) is 34.4 Å². The summed E-state index contributed by atoms with van der Waals surface area (Å²) in [5.74, 6) is -2.10. The molecule has 0 aliphatic rings. The molecule has 0 bridgehead atoms. The number of fused-ring (bicyclic) bond motifs is 1. The zero-order valence-corrected chi connectivity index (χ0v) is 18.8. The number of hydrogen-bond acceptors (Lipinski definition) is 6. The average Bonchev–Trinajstić information content (AvgIpc) is 2.78. The zero-order valence-electron chi connectivity index (χ0n) is 18.8.